The molecule has 2 aromatic heterocycles. The highest BCUT2D eigenvalue weighted by Crippen LogP contribution is 2.20. The van der Waals surface area contributed by atoms with Gasteiger partial charge < -0.3 is 9.32 Å². The van der Waals surface area contributed by atoms with Crippen LogP contribution in [0.15, 0.2) is 51.1 Å². The Kier molecular flexibility index (Phi) is 8.70. The van der Waals surface area contributed by atoms with Gasteiger partial charge in [-0.05, 0) is 24.3 Å². The maximum Gasteiger partial charge on any atom is 0.244 e. The fourth-order valence-corrected chi connectivity index (χ4v) is 4.76. The molecular weight excluding hydrogens is 412 g/mol. The van der Waals surface area contributed by atoms with E-state index in [1.165, 1.54) is 34.6 Å². The number of carbonyl (C=O) groups is 1. The summed E-state index contributed by atoms with van der Waals surface area (Å²) in [5, 5.41) is 9.37. The molecule has 29 heavy (non-hydrogen) atoms. The second kappa shape index (κ2) is 11.0. The molecule has 0 atom stereocenters. The fourth-order valence-electron chi connectivity index (χ4n) is 2.61. The Morgan fingerprint density at radius 2 is 2.03 bits per heavy atom. The van der Waals surface area contributed by atoms with Crippen molar-refractivity contribution in [1.29, 1.82) is 5.26 Å². The third-order valence-corrected chi connectivity index (χ3v) is 7.13. The Hall–Kier alpha value is -2.35. The zero-order valence-corrected chi connectivity index (χ0v) is 18.1. The molecule has 2 rings (SSSR count). The lowest BCUT2D eigenvalue weighted by Gasteiger charge is -2.20. The number of pyridine rings is 1. The Morgan fingerprint density at radius 3 is 2.59 bits per heavy atom. The Labute approximate surface area is 175 Å². The summed E-state index contributed by atoms with van der Waals surface area (Å²) in [6, 6.07) is 8.66. The molecule has 2 heterocycles. The molecule has 0 bridgehead atoms. The summed E-state index contributed by atoms with van der Waals surface area (Å²) in [4.78, 5) is 18.4. The maximum atomic E-state index is 12.6. The number of nitriles is 1. The van der Waals surface area contributed by atoms with Crippen LogP contribution in [0.4, 0.5) is 0 Å². The third kappa shape index (κ3) is 6.32. The summed E-state index contributed by atoms with van der Waals surface area (Å²) < 4.78 is 31.6. The van der Waals surface area contributed by atoms with Gasteiger partial charge in [-0.25, -0.2) is 13.4 Å². The van der Waals surface area contributed by atoms with Gasteiger partial charge in [-0.2, -0.15) is 9.57 Å². The number of hydrogen-bond donors (Lipinski definition) is 0. The van der Waals surface area contributed by atoms with Crippen LogP contribution in [0.5, 0.6) is 0 Å². The molecule has 0 unspecified atom stereocenters. The highest BCUT2D eigenvalue weighted by molar-refractivity contribution is 7.99. The van der Waals surface area contributed by atoms with Gasteiger partial charge in [0, 0.05) is 25.8 Å². The Bertz CT molecular complexity index is 918. The van der Waals surface area contributed by atoms with Gasteiger partial charge in [0.05, 0.1) is 36.1 Å². The minimum absolute atomic E-state index is 0.126. The second-order valence-corrected chi connectivity index (χ2v) is 8.95. The topological polar surface area (TPSA) is 108 Å². The van der Waals surface area contributed by atoms with Crippen LogP contribution in [0.25, 0.3) is 0 Å². The zero-order chi connectivity index (χ0) is 21.3. The van der Waals surface area contributed by atoms with Crippen LogP contribution in [0, 0.1) is 11.3 Å². The first-order chi connectivity index (χ1) is 13.9. The van der Waals surface area contributed by atoms with Gasteiger partial charge in [0.25, 0.3) is 0 Å². The van der Waals surface area contributed by atoms with E-state index in [-0.39, 0.29) is 23.0 Å². The average Bonchev–Trinajstić information content (AvgIpc) is 3.23. The van der Waals surface area contributed by atoms with Crippen LogP contribution < -0.4 is 0 Å². The van der Waals surface area contributed by atoms with E-state index in [1.54, 1.807) is 36.9 Å². The average molecular weight is 437 g/mol. The Balaban J connectivity index is 2.00. The predicted molar refractivity (Wildman–Crippen MR) is 109 cm³/mol. The lowest BCUT2D eigenvalue weighted by molar-refractivity contribution is -0.129. The molecule has 0 aliphatic heterocycles. The van der Waals surface area contributed by atoms with Gasteiger partial charge in [-0.1, -0.05) is 25.6 Å². The van der Waals surface area contributed by atoms with E-state index in [2.05, 4.69) is 4.98 Å². The molecule has 0 saturated heterocycles. The number of amides is 1. The van der Waals surface area contributed by atoms with Crippen molar-refractivity contribution < 1.29 is 17.6 Å². The highest BCUT2D eigenvalue weighted by Gasteiger charge is 2.22. The van der Waals surface area contributed by atoms with Gasteiger partial charge in [-0.3, -0.25) is 4.79 Å². The monoisotopic (exact) mass is 436 g/mol. The minimum Gasteiger partial charge on any atom is -0.467 e. The van der Waals surface area contributed by atoms with Crippen molar-refractivity contribution in [2.45, 2.75) is 36.7 Å². The van der Waals surface area contributed by atoms with Crippen molar-refractivity contribution >= 4 is 27.7 Å². The molecule has 2 aromatic rings. The van der Waals surface area contributed by atoms with E-state index in [9.17, 15) is 13.2 Å². The number of nitrogens with zero attached hydrogens (tertiary/aromatic N) is 4. The maximum absolute atomic E-state index is 12.6. The summed E-state index contributed by atoms with van der Waals surface area (Å²) in [6.45, 7) is 4.94. The van der Waals surface area contributed by atoms with Crippen LogP contribution in [0.3, 0.4) is 0 Å². The normalized spacial score (nSPS) is 11.4. The van der Waals surface area contributed by atoms with Gasteiger partial charge in [0.15, 0.2) is 0 Å². The third-order valence-electron chi connectivity index (χ3n) is 4.17. The lowest BCUT2D eigenvalue weighted by Crippen LogP contribution is -2.32. The summed E-state index contributed by atoms with van der Waals surface area (Å²) in [5.41, 5.74) is 0. The van der Waals surface area contributed by atoms with Crippen LogP contribution in [0.1, 0.15) is 26.0 Å². The first-order valence-electron chi connectivity index (χ1n) is 9.18. The molecule has 8 nitrogen and oxygen atoms in total. The van der Waals surface area contributed by atoms with E-state index in [4.69, 9.17) is 9.68 Å². The van der Waals surface area contributed by atoms with Crippen LogP contribution in [-0.4, -0.2) is 53.9 Å². The summed E-state index contributed by atoms with van der Waals surface area (Å²) in [6.07, 6.45) is 3.08. The Morgan fingerprint density at radius 1 is 1.28 bits per heavy atom. The summed E-state index contributed by atoms with van der Waals surface area (Å²) in [5.74, 6) is 0.620. The molecular formula is C19H24N4O4S2. The minimum atomic E-state index is -3.56. The first-order valence-corrected chi connectivity index (χ1v) is 11.6. The van der Waals surface area contributed by atoms with Gasteiger partial charge in [-0.15, -0.1) is 0 Å². The first kappa shape index (κ1) is 22.9. The number of rotatable bonds is 11. The van der Waals surface area contributed by atoms with E-state index in [0.29, 0.717) is 37.0 Å². The number of furan rings is 1. The SMILES string of the molecule is CCN(CC)S(=O)(=O)c1ccc(SCC(=O)N(CCC#N)Cc2ccco2)nc1. The number of thioether (sulfide) groups is 1. The van der Waals surface area contributed by atoms with Gasteiger partial charge in [0.2, 0.25) is 15.9 Å². The van der Waals surface area contributed by atoms with E-state index in [0.717, 1.165) is 0 Å². The van der Waals surface area contributed by atoms with E-state index < -0.39 is 10.0 Å². The lowest BCUT2D eigenvalue weighted by atomic mass is 10.3. The van der Waals surface area contributed by atoms with E-state index in [1.807, 2.05) is 6.07 Å². The fraction of sp³-hybridized carbons (Fsp3) is 0.421. The molecule has 0 aliphatic carbocycles. The molecule has 0 aromatic carbocycles. The van der Waals surface area contributed by atoms with Crippen molar-refractivity contribution in [2.24, 2.45) is 0 Å². The van der Waals surface area contributed by atoms with Crippen molar-refractivity contribution in [3.8, 4) is 6.07 Å². The zero-order valence-electron chi connectivity index (χ0n) is 16.4. The molecule has 0 fully saturated rings. The van der Waals surface area contributed by atoms with Crippen LogP contribution in [-0.2, 0) is 21.4 Å². The highest BCUT2D eigenvalue weighted by atomic mass is 32.2. The number of aromatic nitrogens is 1. The second-order valence-electron chi connectivity index (χ2n) is 6.01. The summed E-state index contributed by atoms with van der Waals surface area (Å²) in [7, 11) is -3.56. The molecule has 10 heteroatoms. The molecule has 0 radical (unpaired) electrons. The molecule has 0 spiro atoms. The largest absolute Gasteiger partial charge is 0.467 e. The molecule has 0 saturated carbocycles. The molecule has 156 valence electrons. The predicted octanol–water partition coefficient (Wildman–Crippen LogP) is 2.74. The van der Waals surface area contributed by atoms with Crippen molar-refractivity contribution in [3.05, 3.63) is 42.5 Å². The number of sulfonamides is 1. The van der Waals surface area contributed by atoms with Gasteiger partial charge >= 0.3 is 0 Å². The van der Waals surface area contributed by atoms with E-state index >= 15 is 0 Å². The number of hydrogen-bond acceptors (Lipinski definition) is 7. The number of carbonyl (C=O) groups excluding carboxylic acids is 1. The molecule has 0 aliphatic rings. The quantitative estimate of drug-likeness (QED) is 0.498. The van der Waals surface area contributed by atoms with Crippen molar-refractivity contribution in [1.82, 2.24) is 14.2 Å². The van der Waals surface area contributed by atoms with Crippen LogP contribution >= 0.6 is 11.8 Å². The molecule has 1 amide bonds. The standard InChI is InChI=1S/C19H24N4O4S2/c1-3-23(4-2)29(25,26)17-8-9-18(21-13-17)28-15-19(24)22(11-6-10-20)14-16-7-5-12-27-16/h5,7-9,12-13H,3-4,6,11,14-15H2,1-2H3. The smallest absolute Gasteiger partial charge is 0.244 e. The van der Waals surface area contributed by atoms with Crippen LogP contribution in [0.2, 0.25) is 0 Å². The summed E-state index contributed by atoms with van der Waals surface area (Å²) >= 11 is 1.22. The van der Waals surface area contributed by atoms with Gasteiger partial charge in [0.1, 0.15) is 10.7 Å². The van der Waals surface area contributed by atoms with Crippen molar-refractivity contribution in [3.63, 3.8) is 0 Å². The van der Waals surface area contributed by atoms with Crippen molar-refractivity contribution in [2.75, 3.05) is 25.4 Å². The molecule has 0 N–H and O–H groups in total.